The molecule has 0 unspecified atom stereocenters. The summed E-state index contributed by atoms with van der Waals surface area (Å²) >= 11 is 0. The summed E-state index contributed by atoms with van der Waals surface area (Å²) in [6, 6.07) is 0. The molecule has 0 aliphatic rings. The minimum absolute atomic E-state index is 0. The first-order chi connectivity index (χ1) is 2.77. The van der Waals surface area contributed by atoms with Gasteiger partial charge in [0.15, 0.2) is 0 Å². The third-order valence-electron chi connectivity index (χ3n) is 0.177. The number of hydrogen-bond acceptors (Lipinski definition) is 4. The van der Waals surface area contributed by atoms with Crippen LogP contribution in [0.25, 0.3) is 0 Å². The monoisotopic (exact) mass is 114 g/mol. The standard InChI is InChI=1S/CH3BO4.Na.H/c3-1-6-2(4)5;;/h1,4-5H;;/q;+1;-1. The molecule has 0 radical (unpaired) electrons. The Balaban J connectivity index is -0.000000125. The average molecular weight is 114 g/mol. The Hall–Kier alpha value is 0.455. The molecule has 0 fully saturated rings. The third kappa shape index (κ3) is 10.7. The summed E-state index contributed by atoms with van der Waals surface area (Å²) in [6.45, 7) is -0.0509. The second-order valence-corrected chi connectivity index (χ2v) is 0.559. The van der Waals surface area contributed by atoms with E-state index in [9.17, 15) is 0 Å². The van der Waals surface area contributed by atoms with E-state index in [2.05, 4.69) is 4.65 Å². The van der Waals surface area contributed by atoms with Crippen molar-refractivity contribution in [1.82, 2.24) is 0 Å². The summed E-state index contributed by atoms with van der Waals surface area (Å²) < 4.78 is 3.47. The summed E-state index contributed by atoms with van der Waals surface area (Å²) in [5.74, 6) is 0. The molecule has 0 aromatic heterocycles. The van der Waals surface area contributed by atoms with Crippen molar-refractivity contribution in [2.75, 3.05) is 0 Å². The molecular formula is CH4BNaO4. The van der Waals surface area contributed by atoms with Crippen LogP contribution in [0, 0.1) is 0 Å². The first kappa shape index (κ1) is 10.4. The van der Waals surface area contributed by atoms with Crippen LogP contribution in [0.2, 0.25) is 0 Å². The van der Waals surface area contributed by atoms with Crippen molar-refractivity contribution < 1.29 is 50.5 Å². The van der Waals surface area contributed by atoms with E-state index >= 15 is 0 Å². The molecule has 6 heteroatoms. The minimum Gasteiger partial charge on any atom is -1.00 e. The van der Waals surface area contributed by atoms with Crippen molar-refractivity contribution in [1.29, 1.82) is 0 Å². The molecule has 0 aliphatic heterocycles. The van der Waals surface area contributed by atoms with E-state index in [4.69, 9.17) is 14.8 Å². The topological polar surface area (TPSA) is 66.8 Å². The van der Waals surface area contributed by atoms with Gasteiger partial charge in [0.05, 0.1) is 0 Å². The molecule has 4 nitrogen and oxygen atoms in total. The van der Waals surface area contributed by atoms with Crippen LogP contribution in [0.1, 0.15) is 1.43 Å². The maximum atomic E-state index is 9.07. The quantitative estimate of drug-likeness (QED) is 0.279. The van der Waals surface area contributed by atoms with E-state index in [0.29, 0.717) is 0 Å². The fourth-order valence-electron chi connectivity index (χ4n) is 0.0497. The zero-order chi connectivity index (χ0) is 4.99. The Kier molecular flexibility index (Phi) is 9.63. The van der Waals surface area contributed by atoms with Crippen molar-refractivity contribution in [3.05, 3.63) is 0 Å². The van der Waals surface area contributed by atoms with Crippen LogP contribution < -0.4 is 29.6 Å². The van der Waals surface area contributed by atoms with E-state index in [0.717, 1.165) is 0 Å². The van der Waals surface area contributed by atoms with Gasteiger partial charge in [-0.25, -0.2) is 0 Å². The molecule has 0 saturated heterocycles. The fourth-order valence-corrected chi connectivity index (χ4v) is 0.0497. The third-order valence-corrected chi connectivity index (χ3v) is 0.177. The molecule has 36 valence electrons. The summed E-state index contributed by atoms with van der Waals surface area (Å²) in [5, 5.41) is 15.3. The first-order valence-corrected chi connectivity index (χ1v) is 1.22. The minimum atomic E-state index is -1.97. The molecule has 0 aromatic rings. The number of carbonyl (C=O) groups excluding carboxylic acids is 1. The van der Waals surface area contributed by atoms with Gasteiger partial charge in [0, 0.05) is 0 Å². The summed E-state index contributed by atoms with van der Waals surface area (Å²) in [4.78, 5) is 9.07. The Bertz CT molecular complexity index is 51.3. The van der Waals surface area contributed by atoms with Gasteiger partial charge in [0.25, 0.3) is 6.47 Å². The van der Waals surface area contributed by atoms with Crippen molar-refractivity contribution in [3.8, 4) is 0 Å². The maximum absolute atomic E-state index is 9.07. The zero-order valence-electron chi connectivity index (χ0n) is 4.87. The predicted molar refractivity (Wildman–Crippen MR) is 18.5 cm³/mol. The summed E-state index contributed by atoms with van der Waals surface area (Å²) in [5.41, 5.74) is 0. The second-order valence-electron chi connectivity index (χ2n) is 0.559. The van der Waals surface area contributed by atoms with Gasteiger partial charge in [0.2, 0.25) is 0 Å². The van der Waals surface area contributed by atoms with Gasteiger partial charge in [-0.15, -0.1) is 0 Å². The molecular weight excluding hydrogens is 110 g/mol. The Morgan fingerprint density at radius 2 is 2.14 bits per heavy atom. The molecule has 7 heavy (non-hydrogen) atoms. The van der Waals surface area contributed by atoms with E-state index in [1.807, 2.05) is 0 Å². The van der Waals surface area contributed by atoms with Crippen LogP contribution in [0.5, 0.6) is 0 Å². The molecule has 0 bridgehead atoms. The molecule has 0 amide bonds. The number of carbonyl (C=O) groups is 1. The Morgan fingerprint density at radius 3 is 2.14 bits per heavy atom. The fraction of sp³-hybridized carbons (Fsp3) is 0. The molecule has 0 saturated carbocycles. The predicted octanol–water partition coefficient (Wildman–Crippen LogP) is -4.75. The van der Waals surface area contributed by atoms with E-state index in [1.54, 1.807) is 0 Å². The number of rotatable bonds is 2. The van der Waals surface area contributed by atoms with Crippen LogP contribution in [-0.4, -0.2) is 23.8 Å². The summed E-state index contributed by atoms with van der Waals surface area (Å²) in [6.07, 6.45) is 0. The van der Waals surface area contributed by atoms with Gasteiger partial charge in [-0.05, 0) is 0 Å². The largest absolute Gasteiger partial charge is 1.00 e. The van der Waals surface area contributed by atoms with Crippen LogP contribution >= 0.6 is 0 Å². The van der Waals surface area contributed by atoms with Crippen LogP contribution in [0.15, 0.2) is 0 Å². The van der Waals surface area contributed by atoms with Crippen molar-refractivity contribution in [2.24, 2.45) is 0 Å². The van der Waals surface area contributed by atoms with Crippen molar-refractivity contribution in [2.45, 2.75) is 0 Å². The Morgan fingerprint density at radius 1 is 1.71 bits per heavy atom. The molecule has 2 N–H and O–H groups in total. The summed E-state index contributed by atoms with van der Waals surface area (Å²) in [7, 11) is -1.97. The van der Waals surface area contributed by atoms with Gasteiger partial charge < -0.3 is 16.1 Å². The first-order valence-electron chi connectivity index (χ1n) is 1.22. The van der Waals surface area contributed by atoms with E-state index in [1.165, 1.54) is 0 Å². The normalized spacial score (nSPS) is 6.00. The maximum Gasteiger partial charge on any atom is 1.00 e. The van der Waals surface area contributed by atoms with Gasteiger partial charge in [0.1, 0.15) is 0 Å². The Labute approximate surface area is 64.4 Å². The van der Waals surface area contributed by atoms with Crippen molar-refractivity contribution >= 4 is 13.8 Å². The molecule has 0 aromatic carbocycles. The van der Waals surface area contributed by atoms with Crippen LogP contribution in [-0.2, 0) is 9.45 Å². The van der Waals surface area contributed by atoms with Gasteiger partial charge in [-0.2, -0.15) is 0 Å². The average Bonchev–Trinajstić information content (AvgIpc) is 1.35. The van der Waals surface area contributed by atoms with Gasteiger partial charge in [-0.3, -0.25) is 4.79 Å². The number of hydrogen-bond donors (Lipinski definition) is 2. The van der Waals surface area contributed by atoms with Crippen LogP contribution in [0.3, 0.4) is 0 Å². The molecule has 0 atom stereocenters. The van der Waals surface area contributed by atoms with Gasteiger partial charge in [-0.1, -0.05) is 0 Å². The smallest absolute Gasteiger partial charge is 1.00 e. The SMILES string of the molecule is O=COB(O)O.[H-].[Na+]. The van der Waals surface area contributed by atoms with Crippen molar-refractivity contribution in [3.63, 3.8) is 0 Å². The molecule has 0 spiro atoms. The molecule has 0 aliphatic carbocycles. The zero-order valence-corrected chi connectivity index (χ0v) is 5.87. The van der Waals surface area contributed by atoms with Crippen LogP contribution in [0.4, 0.5) is 0 Å². The molecule has 0 rings (SSSR count). The van der Waals surface area contributed by atoms with Gasteiger partial charge >= 0.3 is 36.9 Å². The van der Waals surface area contributed by atoms with E-state index < -0.39 is 7.32 Å². The van der Waals surface area contributed by atoms with E-state index in [-0.39, 0.29) is 37.5 Å². The molecule has 0 heterocycles. The second kappa shape index (κ2) is 6.45.